The minimum absolute atomic E-state index is 0.0683. The molecule has 242 valence electrons. The first-order valence-electron chi connectivity index (χ1n) is 12.1. The zero-order valence-corrected chi connectivity index (χ0v) is 22.5. The van der Waals surface area contributed by atoms with Gasteiger partial charge in [-0.2, -0.15) is 13.2 Å². The van der Waals surface area contributed by atoms with Gasteiger partial charge in [0.1, 0.15) is 23.1 Å². The molecular weight excluding hydrogens is 629 g/mol. The third kappa shape index (κ3) is 8.31. The summed E-state index contributed by atoms with van der Waals surface area (Å²) in [6.45, 7) is 0.401. The van der Waals surface area contributed by atoms with Gasteiger partial charge in [-0.3, -0.25) is 4.79 Å². The van der Waals surface area contributed by atoms with Crippen LogP contribution in [0.5, 0.6) is 11.5 Å². The Bertz CT molecular complexity index is 1600. The predicted molar refractivity (Wildman–Crippen MR) is 131 cm³/mol. The fourth-order valence-corrected chi connectivity index (χ4v) is 4.12. The molecule has 0 amide bonds. The summed E-state index contributed by atoms with van der Waals surface area (Å²) in [5.74, 6) is -5.65. The molecule has 0 spiro atoms. The second-order valence-electron chi connectivity index (χ2n) is 8.73. The summed E-state index contributed by atoms with van der Waals surface area (Å²) >= 11 is 0. The Balaban J connectivity index is 0.000000249. The standard InChI is InChI=1S/C14H10F7NO3.C12H11F4NO2/c1-24-5-4-22-6-7(12(23)13(16,17)18)10-9(25-14(19,20)21)3-2-8(15)11(10)22;1-18-7-6-17-5-4-8-10(19-12(14,15)16)3-2-9(13)11(8)17/h2-3,6H,4-5H2,1H3;2-5H,6-7H2,1H3. The number of carbonyl (C=O) groups excluding carboxylic acids is 1. The quantitative estimate of drug-likeness (QED) is 0.140. The number of rotatable bonds is 9. The van der Waals surface area contributed by atoms with E-state index < -0.39 is 64.3 Å². The Morgan fingerprint density at radius 3 is 1.73 bits per heavy atom. The highest BCUT2D eigenvalue weighted by Crippen LogP contribution is 2.38. The lowest BCUT2D eigenvalue weighted by atomic mass is 10.1. The maximum absolute atomic E-state index is 14.1. The van der Waals surface area contributed by atoms with Gasteiger partial charge in [-0.1, -0.05) is 0 Å². The van der Waals surface area contributed by atoms with Gasteiger partial charge in [0.05, 0.1) is 35.2 Å². The molecule has 2 aromatic heterocycles. The molecule has 4 rings (SSSR count). The second kappa shape index (κ2) is 13.3. The fraction of sp³-hybridized carbons (Fsp3) is 0.346. The van der Waals surface area contributed by atoms with Crippen molar-refractivity contribution in [3.8, 4) is 11.5 Å². The second-order valence-corrected chi connectivity index (χ2v) is 8.73. The van der Waals surface area contributed by atoms with E-state index in [0.29, 0.717) is 31.5 Å². The predicted octanol–water partition coefficient (Wildman–Crippen LogP) is 7.40. The molecule has 0 unspecified atom stereocenters. The molecule has 0 N–H and O–H groups in total. The Morgan fingerprint density at radius 2 is 1.20 bits per heavy atom. The van der Waals surface area contributed by atoms with Crippen LogP contribution in [0.15, 0.2) is 42.7 Å². The number of nitrogens with zero attached hydrogens (tertiary/aromatic N) is 2. The molecule has 0 atom stereocenters. The lowest BCUT2D eigenvalue weighted by Crippen LogP contribution is -2.23. The van der Waals surface area contributed by atoms with Crippen molar-refractivity contribution in [3.63, 3.8) is 0 Å². The van der Waals surface area contributed by atoms with Crippen LogP contribution in [0.4, 0.5) is 48.3 Å². The van der Waals surface area contributed by atoms with E-state index in [1.807, 2.05) is 0 Å². The van der Waals surface area contributed by atoms with E-state index in [0.717, 1.165) is 16.7 Å². The first-order chi connectivity index (χ1) is 20.4. The first kappa shape index (κ1) is 34.4. The number of benzene rings is 2. The van der Waals surface area contributed by atoms with E-state index in [4.69, 9.17) is 9.47 Å². The largest absolute Gasteiger partial charge is 0.573 e. The maximum atomic E-state index is 14.1. The van der Waals surface area contributed by atoms with Crippen molar-refractivity contribution in [2.24, 2.45) is 0 Å². The fourth-order valence-electron chi connectivity index (χ4n) is 4.12. The molecule has 2 aromatic carbocycles. The molecule has 7 nitrogen and oxygen atoms in total. The SMILES string of the molecule is COCCn1cc(C(=O)C(F)(F)F)c2c(OC(F)(F)F)ccc(F)c21.COCCn1ccc2c(OC(F)(F)F)ccc(F)c21. The number of halogens is 11. The Morgan fingerprint density at radius 1 is 0.705 bits per heavy atom. The third-order valence-corrected chi connectivity index (χ3v) is 5.79. The van der Waals surface area contributed by atoms with Crippen LogP contribution in [0.2, 0.25) is 0 Å². The van der Waals surface area contributed by atoms with Crippen LogP contribution in [-0.4, -0.2) is 61.3 Å². The molecule has 44 heavy (non-hydrogen) atoms. The van der Waals surface area contributed by atoms with Gasteiger partial charge in [0.15, 0.2) is 0 Å². The van der Waals surface area contributed by atoms with Crippen molar-refractivity contribution in [1.82, 2.24) is 9.13 Å². The molecule has 0 aliphatic heterocycles. The summed E-state index contributed by atoms with van der Waals surface area (Å²) < 4.78 is 160. The number of hydrogen-bond acceptors (Lipinski definition) is 5. The average molecular weight is 650 g/mol. The van der Waals surface area contributed by atoms with Crippen molar-refractivity contribution < 1.29 is 72.0 Å². The molecule has 0 saturated carbocycles. The lowest BCUT2D eigenvalue weighted by Gasteiger charge is -2.12. The van der Waals surface area contributed by atoms with Crippen molar-refractivity contribution in [3.05, 3.63) is 59.9 Å². The summed E-state index contributed by atoms with van der Waals surface area (Å²) in [4.78, 5) is 11.6. The number of alkyl halides is 9. The zero-order valence-electron chi connectivity index (χ0n) is 22.5. The van der Waals surface area contributed by atoms with E-state index in [9.17, 15) is 53.1 Å². The molecule has 0 radical (unpaired) electrons. The summed E-state index contributed by atoms with van der Waals surface area (Å²) in [5, 5.41) is -0.829. The number of fused-ring (bicyclic) bond motifs is 2. The summed E-state index contributed by atoms with van der Waals surface area (Å²) in [6, 6.07) is 4.42. The Labute approximate surface area is 240 Å². The van der Waals surface area contributed by atoms with Gasteiger partial charge < -0.3 is 28.1 Å². The summed E-state index contributed by atoms with van der Waals surface area (Å²) in [6.07, 6.45) is -13.3. The topological polar surface area (TPSA) is 63.8 Å². The van der Waals surface area contributed by atoms with Gasteiger partial charge in [-0.25, -0.2) is 8.78 Å². The first-order valence-corrected chi connectivity index (χ1v) is 12.1. The van der Waals surface area contributed by atoms with E-state index in [-0.39, 0.29) is 24.1 Å². The molecule has 0 aliphatic carbocycles. The van der Waals surface area contributed by atoms with Gasteiger partial charge in [-0.05, 0) is 30.3 Å². The van der Waals surface area contributed by atoms with E-state index in [1.54, 1.807) is 0 Å². The van der Waals surface area contributed by atoms with E-state index in [2.05, 4.69) is 9.47 Å². The maximum Gasteiger partial charge on any atom is 0.573 e. The molecule has 18 heteroatoms. The van der Waals surface area contributed by atoms with Gasteiger partial charge in [0.2, 0.25) is 0 Å². The molecule has 0 fully saturated rings. The van der Waals surface area contributed by atoms with Gasteiger partial charge >= 0.3 is 18.9 Å². The number of Topliss-reactive ketones (excluding diaryl/α,β-unsaturated/α-hetero) is 1. The van der Waals surface area contributed by atoms with Crippen LogP contribution in [-0.2, 0) is 22.6 Å². The van der Waals surface area contributed by atoms with Gasteiger partial charge in [-0.15, -0.1) is 26.3 Å². The van der Waals surface area contributed by atoms with Crippen LogP contribution in [0.3, 0.4) is 0 Å². The normalized spacial score (nSPS) is 12.4. The van der Waals surface area contributed by atoms with Crippen LogP contribution in [0.25, 0.3) is 21.8 Å². The molecular formula is C26H21F11N2O5. The molecule has 0 bridgehead atoms. The van der Waals surface area contributed by atoms with Crippen molar-refractivity contribution in [2.75, 3.05) is 27.4 Å². The summed E-state index contributed by atoms with van der Waals surface area (Å²) in [5.41, 5.74) is -1.69. The number of methoxy groups -OCH3 is 2. The highest BCUT2D eigenvalue weighted by Gasteiger charge is 2.42. The van der Waals surface area contributed by atoms with Crippen LogP contribution >= 0.6 is 0 Å². The minimum atomic E-state index is -5.36. The Hall–Kier alpha value is -4.06. The zero-order chi connectivity index (χ0) is 33.0. The van der Waals surface area contributed by atoms with Gasteiger partial charge in [0.25, 0.3) is 5.78 Å². The van der Waals surface area contributed by atoms with Crippen molar-refractivity contribution in [1.29, 1.82) is 0 Å². The smallest absolute Gasteiger partial charge is 0.405 e. The molecule has 0 aliphatic rings. The molecule has 2 heterocycles. The third-order valence-electron chi connectivity index (χ3n) is 5.79. The van der Waals surface area contributed by atoms with Crippen LogP contribution < -0.4 is 9.47 Å². The number of ether oxygens (including phenoxy) is 4. The highest BCUT2D eigenvalue weighted by molar-refractivity contribution is 6.12. The van der Waals surface area contributed by atoms with Gasteiger partial charge in [0, 0.05) is 45.1 Å². The van der Waals surface area contributed by atoms with E-state index >= 15 is 0 Å². The summed E-state index contributed by atoms with van der Waals surface area (Å²) in [7, 11) is 2.75. The van der Waals surface area contributed by atoms with Crippen LogP contribution in [0.1, 0.15) is 10.4 Å². The minimum Gasteiger partial charge on any atom is -0.405 e. The highest BCUT2D eigenvalue weighted by atomic mass is 19.4. The van der Waals surface area contributed by atoms with E-state index in [1.165, 1.54) is 31.0 Å². The molecule has 4 aromatic rings. The monoisotopic (exact) mass is 650 g/mol. The lowest BCUT2D eigenvalue weighted by molar-refractivity contribution is -0.275. The van der Waals surface area contributed by atoms with Crippen molar-refractivity contribution >= 4 is 27.6 Å². The number of carbonyl (C=O) groups is 1. The molecule has 0 saturated heterocycles. The number of hydrogen-bond donors (Lipinski definition) is 0. The number of aromatic nitrogens is 2. The number of ketones is 1. The Kier molecular flexibility index (Phi) is 10.4. The average Bonchev–Trinajstić information content (AvgIpc) is 3.51. The van der Waals surface area contributed by atoms with Crippen molar-refractivity contribution in [2.45, 2.75) is 32.0 Å². The van der Waals surface area contributed by atoms with Crippen LogP contribution in [0, 0.1) is 11.6 Å².